The molecule has 0 bridgehead atoms. The van der Waals surface area contributed by atoms with E-state index in [1.807, 2.05) is 6.07 Å². The minimum Gasteiger partial charge on any atom is -0.390 e. The molecule has 15 heteroatoms. The van der Waals surface area contributed by atoms with Gasteiger partial charge in [-0.15, -0.1) is 11.3 Å². The third kappa shape index (κ3) is 6.04. The van der Waals surface area contributed by atoms with Crippen molar-refractivity contribution in [2.75, 3.05) is 23.4 Å². The van der Waals surface area contributed by atoms with Crippen molar-refractivity contribution in [2.24, 2.45) is 5.92 Å². The molecule has 2 fully saturated rings. The van der Waals surface area contributed by atoms with Crippen LogP contribution in [0.2, 0.25) is 0 Å². The molecule has 2 aliphatic carbocycles. The number of aliphatic hydroxyl groups is 2. The van der Waals surface area contributed by atoms with Crippen molar-refractivity contribution in [3.8, 4) is 10.6 Å². The van der Waals surface area contributed by atoms with Gasteiger partial charge in [-0.05, 0) is 51.4 Å². The van der Waals surface area contributed by atoms with Gasteiger partial charge in [-0.1, -0.05) is 6.07 Å². The van der Waals surface area contributed by atoms with Crippen LogP contribution in [0.15, 0.2) is 30.5 Å². The first-order chi connectivity index (χ1) is 20.5. The molecule has 0 amide bonds. The maximum Gasteiger partial charge on any atom is 0.225 e. The Labute approximate surface area is 250 Å². The van der Waals surface area contributed by atoms with Crippen molar-refractivity contribution >= 4 is 43.3 Å². The maximum absolute atomic E-state index is 14.3. The molecule has 2 saturated carbocycles. The second-order valence-electron chi connectivity index (χ2n) is 11.0. The fourth-order valence-corrected chi connectivity index (χ4v) is 7.62. The van der Waals surface area contributed by atoms with E-state index in [-0.39, 0.29) is 36.0 Å². The van der Waals surface area contributed by atoms with E-state index in [9.17, 15) is 27.4 Å². The lowest BCUT2D eigenvalue weighted by Gasteiger charge is -2.21. The van der Waals surface area contributed by atoms with Gasteiger partial charge in [0.25, 0.3) is 0 Å². The van der Waals surface area contributed by atoms with Crippen LogP contribution < -0.4 is 15.4 Å². The summed E-state index contributed by atoms with van der Waals surface area (Å²) < 4.78 is 56.1. The predicted molar refractivity (Wildman–Crippen MR) is 159 cm³/mol. The molecule has 3 heterocycles. The molecule has 4 aromatic rings. The van der Waals surface area contributed by atoms with Crippen molar-refractivity contribution in [3.05, 3.63) is 59.0 Å². The lowest BCUT2D eigenvalue weighted by atomic mass is 10.1. The molecule has 6 rings (SSSR count). The monoisotopic (exact) mass is 631 g/mol. The summed E-state index contributed by atoms with van der Waals surface area (Å²) in [5, 5.41) is 28.3. The van der Waals surface area contributed by atoms with Gasteiger partial charge < -0.3 is 20.8 Å². The molecule has 2 aliphatic rings. The normalized spacial score (nSPS) is 22.3. The Balaban J connectivity index is 1.37. The van der Waals surface area contributed by atoms with Crippen LogP contribution in [-0.4, -0.2) is 69.6 Å². The standard InChI is InChI=1S/C28H31F2N7O4S2/c1-13-21(27-36-23-20(42-27)8-9-32-22(23)14-6-7-14)26(35-19-10-15(24(38)25(19)39)12-43(40,41)31-2)37-28(34-13)33-11-16-17(29)4-3-5-18(16)30/h3-5,8-9,14-15,19,24-25,31,38-39H,6-7,10-12H2,1-2H3,(H2,33,34,35,37). The summed E-state index contributed by atoms with van der Waals surface area (Å²) in [6.45, 7) is 1.54. The first kappa shape index (κ1) is 29.7. The number of benzene rings is 1. The zero-order valence-corrected chi connectivity index (χ0v) is 25.0. The Morgan fingerprint density at radius 2 is 1.81 bits per heavy atom. The van der Waals surface area contributed by atoms with Crippen LogP contribution in [0.25, 0.3) is 20.8 Å². The molecule has 1 aromatic carbocycles. The molecular formula is C28H31F2N7O4S2. The summed E-state index contributed by atoms with van der Waals surface area (Å²) >= 11 is 1.44. The van der Waals surface area contributed by atoms with Crippen LogP contribution in [0.5, 0.6) is 0 Å². The summed E-state index contributed by atoms with van der Waals surface area (Å²) in [6, 6.07) is 4.75. The number of nitrogens with zero attached hydrogens (tertiary/aromatic N) is 4. The lowest BCUT2D eigenvalue weighted by Crippen LogP contribution is -2.37. The SMILES string of the molecule is CNS(=O)(=O)CC1CC(Nc2nc(NCc3c(F)cccc3F)nc(C)c2-c2nc3c(C4CC4)nccc3s2)C(O)C1O. The molecule has 4 unspecified atom stereocenters. The number of thiazole rings is 1. The van der Waals surface area contributed by atoms with Crippen molar-refractivity contribution in [1.82, 2.24) is 24.7 Å². The molecule has 0 aliphatic heterocycles. The highest BCUT2D eigenvalue weighted by Gasteiger charge is 2.43. The summed E-state index contributed by atoms with van der Waals surface area (Å²) in [4.78, 5) is 18.6. The van der Waals surface area contributed by atoms with Gasteiger partial charge in [0.15, 0.2) is 0 Å². The molecule has 3 aromatic heterocycles. The highest BCUT2D eigenvalue weighted by Crippen LogP contribution is 2.44. The quantitative estimate of drug-likeness (QED) is 0.176. The average Bonchev–Trinajstić information content (AvgIpc) is 3.67. The number of nitrogens with one attached hydrogen (secondary N) is 3. The molecule has 0 saturated heterocycles. The Kier molecular flexibility index (Phi) is 8.02. The van der Waals surface area contributed by atoms with E-state index < -0.39 is 45.8 Å². The number of hydrogen-bond acceptors (Lipinski definition) is 11. The topological polar surface area (TPSA) is 162 Å². The minimum absolute atomic E-state index is 0.0789. The van der Waals surface area contributed by atoms with Crippen LogP contribution in [0.3, 0.4) is 0 Å². The molecule has 43 heavy (non-hydrogen) atoms. The molecule has 0 radical (unpaired) electrons. The van der Waals surface area contributed by atoms with E-state index in [2.05, 4.69) is 30.3 Å². The van der Waals surface area contributed by atoms with Crippen LogP contribution in [-0.2, 0) is 16.6 Å². The second-order valence-corrected chi connectivity index (χ2v) is 14.0. The lowest BCUT2D eigenvalue weighted by molar-refractivity contribution is 0.0216. The van der Waals surface area contributed by atoms with Gasteiger partial charge >= 0.3 is 0 Å². The number of aryl methyl sites for hydroxylation is 1. The van der Waals surface area contributed by atoms with Gasteiger partial charge in [-0.2, -0.15) is 4.98 Å². The van der Waals surface area contributed by atoms with Gasteiger partial charge in [0.1, 0.15) is 34.1 Å². The van der Waals surface area contributed by atoms with E-state index >= 15 is 0 Å². The Morgan fingerprint density at radius 3 is 2.51 bits per heavy atom. The van der Waals surface area contributed by atoms with Crippen LogP contribution in [0, 0.1) is 24.5 Å². The van der Waals surface area contributed by atoms with E-state index in [1.165, 1.54) is 24.5 Å². The van der Waals surface area contributed by atoms with Crippen molar-refractivity contribution < 1.29 is 27.4 Å². The summed E-state index contributed by atoms with van der Waals surface area (Å²) in [7, 11) is -2.35. The average molecular weight is 632 g/mol. The van der Waals surface area contributed by atoms with Crippen LogP contribution >= 0.6 is 11.3 Å². The predicted octanol–water partition coefficient (Wildman–Crippen LogP) is 3.30. The molecule has 11 nitrogen and oxygen atoms in total. The Hall–Kier alpha value is -3.37. The van der Waals surface area contributed by atoms with E-state index in [4.69, 9.17) is 4.98 Å². The van der Waals surface area contributed by atoms with Gasteiger partial charge in [-0.3, -0.25) is 4.98 Å². The second kappa shape index (κ2) is 11.6. The zero-order valence-electron chi connectivity index (χ0n) is 23.4. The van der Waals surface area contributed by atoms with Crippen LogP contribution in [0.4, 0.5) is 20.5 Å². The van der Waals surface area contributed by atoms with E-state index in [1.54, 1.807) is 13.1 Å². The van der Waals surface area contributed by atoms with Gasteiger partial charge in [-0.25, -0.2) is 31.9 Å². The fraction of sp³-hybridized carbons (Fsp3) is 0.429. The van der Waals surface area contributed by atoms with Crippen LogP contribution in [0.1, 0.15) is 42.1 Å². The van der Waals surface area contributed by atoms with Gasteiger partial charge in [0, 0.05) is 30.1 Å². The highest BCUT2D eigenvalue weighted by molar-refractivity contribution is 7.89. The number of fused-ring (bicyclic) bond motifs is 1. The van der Waals surface area contributed by atoms with Crippen molar-refractivity contribution in [2.45, 2.75) is 56.9 Å². The van der Waals surface area contributed by atoms with E-state index in [0.717, 1.165) is 40.9 Å². The number of hydrogen-bond donors (Lipinski definition) is 5. The third-order valence-corrected chi connectivity index (χ3v) is 10.5. The summed E-state index contributed by atoms with van der Waals surface area (Å²) in [6.07, 6.45) is 1.45. The minimum atomic E-state index is -3.64. The highest BCUT2D eigenvalue weighted by atomic mass is 32.2. The smallest absolute Gasteiger partial charge is 0.225 e. The largest absolute Gasteiger partial charge is 0.390 e. The van der Waals surface area contributed by atoms with Crippen molar-refractivity contribution in [1.29, 1.82) is 0 Å². The number of sulfonamides is 1. The number of anilines is 2. The molecule has 228 valence electrons. The summed E-state index contributed by atoms with van der Waals surface area (Å²) in [5.74, 6) is -1.77. The van der Waals surface area contributed by atoms with Gasteiger partial charge in [0.2, 0.25) is 16.0 Å². The molecular weight excluding hydrogens is 600 g/mol. The Bertz CT molecular complexity index is 1760. The number of halogens is 2. The first-order valence-corrected chi connectivity index (χ1v) is 16.4. The first-order valence-electron chi connectivity index (χ1n) is 13.9. The Morgan fingerprint density at radius 1 is 1.07 bits per heavy atom. The zero-order chi connectivity index (χ0) is 30.5. The van der Waals surface area contributed by atoms with Crippen molar-refractivity contribution in [3.63, 3.8) is 0 Å². The summed E-state index contributed by atoms with van der Waals surface area (Å²) in [5.41, 5.74) is 2.65. The number of rotatable bonds is 10. The molecule has 5 N–H and O–H groups in total. The van der Waals surface area contributed by atoms with Gasteiger partial charge in [0.05, 0.1) is 39.5 Å². The third-order valence-electron chi connectivity index (χ3n) is 7.96. The number of aromatic nitrogens is 4. The maximum atomic E-state index is 14.3. The number of aliphatic hydroxyl groups excluding tert-OH is 2. The fourth-order valence-electron chi connectivity index (χ4n) is 5.49. The molecule has 0 spiro atoms. The number of pyridine rings is 1. The molecule has 4 atom stereocenters. The van der Waals surface area contributed by atoms with E-state index in [0.29, 0.717) is 22.2 Å².